The number of benzene rings is 2. The normalized spacial score (nSPS) is 10.7. The van der Waals surface area contributed by atoms with Crippen LogP contribution >= 0.6 is 11.6 Å². The summed E-state index contributed by atoms with van der Waals surface area (Å²) in [7, 11) is 0. The van der Waals surface area contributed by atoms with E-state index >= 15 is 0 Å². The van der Waals surface area contributed by atoms with Crippen LogP contribution in [0.25, 0.3) is 0 Å². The third-order valence-electron chi connectivity index (χ3n) is 3.65. The summed E-state index contributed by atoms with van der Waals surface area (Å²) in [6, 6.07) is 10.1. The summed E-state index contributed by atoms with van der Waals surface area (Å²) in [6.07, 6.45) is 0.766. The highest BCUT2D eigenvalue weighted by Crippen LogP contribution is 2.25. The van der Waals surface area contributed by atoms with E-state index in [1.165, 1.54) is 22.3 Å². The second-order valence-corrected chi connectivity index (χ2v) is 5.89. The molecule has 2 N–H and O–H groups in total. The maximum absolute atomic E-state index is 6.04. The maximum Gasteiger partial charge on any atom is 0.123 e. The van der Waals surface area contributed by atoms with Crippen LogP contribution < -0.4 is 10.5 Å². The SMILES string of the molecule is Cc1cc(C)c(COc2ccc(Cl)cc2CCN)c(C)c1. The Balaban J connectivity index is 2.20. The Morgan fingerprint density at radius 2 is 1.71 bits per heavy atom. The molecule has 0 unspecified atom stereocenters. The molecule has 0 bridgehead atoms. The van der Waals surface area contributed by atoms with Crippen LogP contribution in [0.2, 0.25) is 5.02 Å². The van der Waals surface area contributed by atoms with E-state index in [9.17, 15) is 0 Å². The van der Waals surface area contributed by atoms with Crippen molar-refractivity contribution < 1.29 is 4.74 Å². The second kappa shape index (κ2) is 6.97. The molecule has 0 atom stereocenters. The number of rotatable bonds is 5. The summed E-state index contributed by atoms with van der Waals surface area (Å²) in [5, 5.41) is 0.716. The lowest BCUT2D eigenvalue weighted by Crippen LogP contribution is -2.07. The predicted octanol–water partition coefficient (Wildman–Crippen LogP) is 4.35. The van der Waals surface area contributed by atoms with Crippen molar-refractivity contribution in [2.75, 3.05) is 6.54 Å². The van der Waals surface area contributed by atoms with Crippen LogP contribution in [-0.2, 0) is 13.0 Å². The molecule has 21 heavy (non-hydrogen) atoms. The van der Waals surface area contributed by atoms with Gasteiger partial charge < -0.3 is 10.5 Å². The molecule has 0 aliphatic carbocycles. The number of hydrogen-bond donors (Lipinski definition) is 1. The van der Waals surface area contributed by atoms with Crippen LogP contribution in [0.15, 0.2) is 30.3 Å². The van der Waals surface area contributed by atoms with E-state index in [2.05, 4.69) is 32.9 Å². The van der Waals surface area contributed by atoms with Gasteiger partial charge in [-0.3, -0.25) is 0 Å². The van der Waals surface area contributed by atoms with Gasteiger partial charge in [-0.2, -0.15) is 0 Å². The van der Waals surface area contributed by atoms with Crippen LogP contribution in [-0.4, -0.2) is 6.54 Å². The molecule has 0 spiro atoms. The molecule has 0 aliphatic heterocycles. The fraction of sp³-hybridized carbons (Fsp3) is 0.333. The molecule has 3 heteroatoms. The van der Waals surface area contributed by atoms with E-state index in [1.807, 2.05) is 18.2 Å². The molecule has 2 aromatic carbocycles. The molecule has 0 heterocycles. The van der Waals surface area contributed by atoms with Gasteiger partial charge in [0.05, 0.1) is 0 Å². The molecule has 0 fully saturated rings. The minimum absolute atomic E-state index is 0.567. The van der Waals surface area contributed by atoms with Gasteiger partial charge in [0.1, 0.15) is 12.4 Å². The average Bonchev–Trinajstić information content (AvgIpc) is 2.40. The first-order chi connectivity index (χ1) is 10.0. The van der Waals surface area contributed by atoms with Gasteiger partial charge >= 0.3 is 0 Å². The lowest BCUT2D eigenvalue weighted by molar-refractivity contribution is 0.301. The van der Waals surface area contributed by atoms with E-state index in [-0.39, 0.29) is 0 Å². The van der Waals surface area contributed by atoms with E-state index in [1.54, 1.807) is 0 Å². The highest BCUT2D eigenvalue weighted by atomic mass is 35.5. The van der Waals surface area contributed by atoms with Gasteiger partial charge in [0.15, 0.2) is 0 Å². The highest BCUT2D eigenvalue weighted by Gasteiger charge is 2.08. The summed E-state index contributed by atoms with van der Waals surface area (Å²) in [5.41, 5.74) is 11.8. The number of ether oxygens (including phenoxy) is 1. The highest BCUT2D eigenvalue weighted by molar-refractivity contribution is 6.30. The minimum Gasteiger partial charge on any atom is -0.489 e. The number of aryl methyl sites for hydroxylation is 3. The fourth-order valence-corrected chi connectivity index (χ4v) is 2.82. The molecule has 0 radical (unpaired) electrons. The largest absolute Gasteiger partial charge is 0.489 e. The van der Waals surface area contributed by atoms with Gasteiger partial charge in [-0.15, -0.1) is 0 Å². The quantitative estimate of drug-likeness (QED) is 0.891. The van der Waals surface area contributed by atoms with Gasteiger partial charge in [-0.25, -0.2) is 0 Å². The summed E-state index contributed by atoms with van der Waals surface area (Å²) in [4.78, 5) is 0. The Kier molecular flexibility index (Phi) is 5.27. The number of nitrogens with two attached hydrogens (primary N) is 1. The van der Waals surface area contributed by atoms with Crippen molar-refractivity contribution in [1.29, 1.82) is 0 Å². The Morgan fingerprint density at radius 3 is 2.33 bits per heavy atom. The van der Waals surface area contributed by atoms with E-state index in [0.29, 0.717) is 18.2 Å². The van der Waals surface area contributed by atoms with E-state index in [4.69, 9.17) is 22.1 Å². The minimum atomic E-state index is 0.567. The first-order valence-electron chi connectivity index (χ1n) is 7.19. The molecular formula is C18H22ClNO. The van der Waals surface area contributed by atoms with Gasteiger partial charge in [-0.05, 0) is 74.2 Å². The molecule has 0 saturated heterocycles. The Hall–Kier alpha value is -1.51. The summed E-state index contributed by atoms with van der Waals surface area (Å²) in [5.74, 6) is 0.865. The number of hydrogen-bond acceptors (Lipinski definition) is 2. The summed E-state index contributed by atoms with van der Waals surface area (Å²) < 4.78 is 6.02. The van der Waals surface area contributed by atoms with Gasteiger partial charge in [0, 0.05) is 5.02 Å². The Labute approximate surface area is 131 Å². The Morgan fingerprint density at radius 1 is 1.05 bits per heavy atom. The van der Waals surface area contributed by atoms with Crippen molar-refractivity contribution in [2.45, 2.75) is 33.8 Å². The van der Waals surface area contributed by atoms with Crippen molar-refractivity contribution >= 4 is 11.6 Å². The van der Waals surface area contributed by atoms with E-state index < -0.39 is 0 Å². The second-order valence-electron chi connectivity index (χ2n) is 5.46. The van der Waals surface area contributed by atoms with Crippen LogP contribution in [0, 0.1) is 20.8 Å². The molecule has 0 amide bonds. The van der Waals surface area contributed by atoms with Crippen LogP contribution in [0.3, 0.4) is 0 Å². The Bertz CT molecular complexity index is 614. The van der Waals surface area contributed by atoms with Gasteiger partial charge in [0.2, 0.25) is 0 Å². The molecule has 2 rings (SSSR count). The van der Waals surface area contributed by atoms with Crippen molar-refractivity contribution in [1.82, 2.24) is 0 Å². The molecule has 0 saturated carbocycles. The van der Waals surface area contributed by atoms with Crippen molar-refractivity contribution in [3.05, 3.63) is 63.2 Å². The zero-order chi connectivity index (χ0) is 15.4. The maximum atomic E-state index is 6.04. The first kappa shape index (κ1) is 15.9. The molecule has 112 valence electrons. The van der Waals surface area contributed by atoms with Gasteiger partial charge in [0.25, 0.3) is 0 Å². The third-order valence-corrected chi connectivity index (χ3v) is 3.88. The third kappa shape index (κ3) is 3.99. The number of halogens is 1. The van der Waals surface area contributed by atoms with Crippen LogP contribution in [0.5, 0.6) is 5.75 Å². The lowest BCUT2D eigenvalue weighted by Gasteiger charge is -2.15. The van der Waals surface area contributed by atoms with Crippen molar-refractivity contribution in [3.63, 3.8) is 0 Å². The summed E-state index contributed by atoms with van der Waals surface area (Å²) in [6.45, 7) is 7.52. The monoisotopic (exact) mass is 303 g/mol. The van der Waals surface area contributed by atoms with Crippen molar-refractivity contribution in [3.8, 4) is 5.75 Å². The van der Waals surface area contributed by atoms with Crippen LogP contribution in [0.1, 0.15) is 27.8 Å². The van der Waals surface area contributed by atoms with E-state index in [0.717, 1.165) is 17.7 Å². The fourth-order valence-electron chi connectivity index (χ4n) is 2.63. The molecule has 0 aliphatic rings. The zero-order valence-electron chi connectivity index (χ0n) is 12.9. The summed E-state index contributed by atoms with van der Waals surface area (Å²) >= 11 is 6.04. The molecule has 2 nitrogen and oxygen atoms in total. The molecular weight excluding hydrogens is 282 g/mol. The lowest BCUT2D eigenvalue weighted by atomic mass is 10.0. The van der Waals surface area contributed by atoms with Crippen LogP contribution in [0.4, 0.5) is 0 Å². The molecule has 2 aromatic rings. The zero-order valence-corrected chi connectivity index (χ0v) is 13.6. The average molecular weight is 304 g/mol. The van der Waals surface area contributed by atoms with Gasteiger partial charge in [-0.1, -0.05) is 29.3 Å². The predicted molar refractivity (Wildman–Crippen MR) is 89.2 cm³/mol. The molecule has 0 aromatic heterocycles. The first-order valence-corrected chi connectivity index (χ1v) is 7.57. The smallest absolute Gasteiger partial charge is 0.123 e. The standard InChI is InChI=1S/C18H22ClNO/c1-12-8-13(2)17(14(3)9-12)11-21-18-5-4-16(19)10-15(18)6-7-20/h4-5,8-10H,6-7,11,20H2,1-3H3. The topological polar surface area (TPSA) is 35.2 Å². The van der Waals surface area contributed by atoms with Crippen molar-refractivity contribution in [2.24, 2.45) is 5.73 Å².